The predicted molar refractivity (Wildman–Crippen MR) is 124 cm³/mol. The Morgan fingerprint density at radius 3 is 2.42 bits per heavy atom. The van der Waals surface area contributed by atoms with Gasteiger partial charge in [0.15, 0.2) is 0 Å². The van der Waals surface area contributed by atoms with Crippen molar-refractivity contribution in [3.05, 3.63) is 66.0 Å². The highest BCUT2D eigenvalue weighted by Crippen LogP contribution is 2.42. The van der Waals surface area contributed by atoms with Gasteiger partial charge in [-0.3, -0.25) is 9.69 Å². The van der Waals surface area contributed by atoms with Crippen molar-refractivity contribution in [3.8, 4) is 0 Å². The summed E-state index contributed by atoms with van der Waals surface area (Å²) in [6, 6.07) is 20.8. The molecular formula is C26H32N4O. The van der Waals surface area contributed by atoms with E-state index in [1.807, 2.05) is 6.07 Å². The zero-order valence-electron chi connectivity index (χ0n) is 18.5. The number of aryl methyl sites for hydroxylation is 1. The Morgan fingerprint density at radius 2 is 1.71 bits per heavy atom. The van der Waals surface area contributed by atoms with Gasteiger partial charge in [0.2, 0.25) is 5.91 Å². The predicted octanol–water partition coefficient (Wildman–Crippen LogP) is 4.78. The molecule has 2 bridgehead atoms. The fourth-order valence-electron chi connectivity index (χ4n) is 5.98. The Balaban J connectivity index is 1.30. The minimum atomic E-state index is 0.0398. The summed E-state index contributed by atoms with van der Waals surface area (Å²) in [5.74, 6) is 1.17. The van der Waals surface area contributed by atoms with Crippen LogP contribution in [0.5, 0.6) is 0 Å². The standard InChI is InChI=1S/C26H32N4O/c1-18-27-25-10-6-7-11-26(25)30(18)23-16-21-12-13-22(17-23)29(21)15-14-24(28-19(2)31)20-8-4-3-5-9-20/h3-11,21-24H,12-17H2,1-2H3,(H,28,31)/t21-,22+,23+,24-/m0/s1. The zero-order chi connectivity index (χ0) is 21.4. The van der Waals surface area contributed by atoms with Gasteiger partial charge < -0.3 is 9.88 Å². The number of nitrogens with zero attached hydrogens (tertiary/aromatic N) is 3. The van der Waals surface area contributed by atoms with Gasteiger partial charge in [0.1, 0.15) is 5.82 Å². The number of para-hydroxylation sites is 2. The van der Waals surface area contributed by atoms with E-state index in [-0.39, 0.29) is 11.9 Å². The molecule has 4 atom stereocenters. The summed E-state index contributed by atoms with van der Waals surface area (Å²) in [6.07, 6.45) is 5.89. The van der Waals surface area contributed by atoms with Crippen LogP contribution in [0.3, 0.4) is 0 Å². The van der Waals surface area contributed by atoms with Crippen LogP contribution in [0.1, 0.15) is 62.5 Å². The topological polar surface area (TPSA) is 50.2 Å². The highest BCUT2D eigenvalue weighted by atomic mass is 16.1. The fourth-order valence-corrected chi connectivity index (χ4v) is 5.98. The first-order chi connectivity index (χ1) is 15.1. The van der Waals surface area contributed by atoms with Crippen LogP contribution in [-0.2, 0) is 4.79 Å². The van der Waals surface area contributed by atoms with E-state index in [0.717, 1.165) is 24.3 Å². The number of amides is 1. The summed E-state index contributed by atoms with van der Waals surface area (Å²) in [4.78, 5) is 19.3. The van der Waals surface area contributed by atoms with Gasteiger partial charge in [0, 0.05) is 31.6 Å². The minimum Gasteiger partial charge on any atom is -0.349 e. The number of carbonyl (C=O) groups excluding carboxylic acids is 1. The molecule has 5 heteroatoms. The summed E-state index contributed by atoms with van der Waals surface area (Å²) in [5, 5.41) is 3.17. The summed E-state index contributed by atoms with van der Waals surface area (Å²) in [7, 11) is 0. The van der Waals surface area contributed by atoms with Gasteiger partial charge in [-0.15, -0.1) is 0 Å². The van der Waals surface area contributed by atoms with Gasteiger partial charge in [-0.25, -0.2) is 4.98 Å². The lowest BCUT2D eigenvalue weighted by Crippen LogP contribution is -2.44. The van der Waals surface area contributed by atoms with Gasteiger partial charge in [-0.2, -0.15) is 0 Å². The molecule has 0 spiro atoms. The molecule has 2 aliphatic heterocycles. The lowest BCUT2D eigenvalue weighted by atomic mass is 9.95. The van der Waals surface area contributed by atoms with Crippen molar-refractivity contribution in [3.63, 3.8) is 0 Å². The molecule has 2 saturated heterocycles. The highest BCUT2D eigenvalue weighted by Gasteiger charge is 2.41. The van der Waals surface area contributed by atoms with E-state index in [9.17, 15) is 4.79 Å². The van der Waals surface area contributed by atoms with Crippen LogP contribution < -0.4 is 5.32 Å². The average molecular weight is 417 g/mol. The van der Waals surface area contributed by atoms with Crippen LogP contribution in [0.25, 0.3) is 11.0 Å². The van der Waals surface area contributed by atoms with Crippen LogP contribution in [0.15, 0.2) is 54.6 Å². The molecule has 162 valence electrons. The van der Waals surface area contributed by atoms with Crippen molar-refractivity contribution >= 4 is 16.9 Å². The second kappa shape index (κ2) is 8.46. The van der Waals surface area contributed by atoms with Gasteiger partial charge in [0.25, 0.3) is 0 Å². The van der Waals surface area contributed by atoms with Crippen molar-refractivity contribution < 1.29 is 4.79 Å². The van der Waals surface area contributed by atoms with Crippen LogP contribution in [0.4, 0.5) is 0 Å². The molecule has 0 unspecified atom stereocenters. The number of carbonyl (C=O) groups is 1. The number of nitrogens with one attached hydrogen (secondary N) is 1. The Kier molecular flexibility index (Phi) is 5.53. The van der Waals surface area contributed by atoms with Gasteiger partial charge >= 0.3 is 0 Å². The SMILES string of the molecule is CC(=O)N[C@@H](CCN1[C@@H]2CC[C@H]1C[C@@H](n1c(C)nc3ccccc31)C2)c1ccccc1. The third-order valence-corrected chi connectivity index (χ3v) is 7.25. The first-order valence-electron chi connectivity index (χ1n) is 11.6. The molecule has 2 aliphatic rings. The maximum absolute atomic E-state index is 11.8. The van der Waals surface area contributed by atoms with Crippen LogP contribution in [-0.4, -0.2) is 39.0 Å². The Hall–Kier alpha value is -2.66. The number of benzene rings is 2. The molecule has 2 aromatic carbocycles. The monoisotopic (exact) mass is 416 g/mol. The molecular weight excluding hydrogens is 384 g/mol. The molecule has 31 heavy (non-hydrogen) atoms. The summed E-state index contributed by atoms with van der Waals surface area (Å²) in [5.41, 5.74) is 3.57. The van der Waals surface area contributed by atoms with Crippen molar-refractivity contribution in [1.82, 2.24) is 19.8 Å². The van der Waals surface area contributed by atoms with Gasteiger partial charge in [0.05, 0.1) is 17.1 Å². The molecule has 3 heterocycles. The number of piperidine rings is 1. The largest absolute Gasteiger partial charge is 0.349 e. The second-order valence-electron chi connectivity index (χ2n) is 9.22. The molecule has 0 aliphatic carbocycles. The van der Waals surface area contributed by atoms with Crippen molar-refractivity contribution in [2.75, 3.05) is 6.54 Å². The van der Waals surface area contributed by atoms with Crippen molar-refractivity contribution in [1.29, 1.82) is 0 Å². The summed E-state index contributed by atoms with van der Waals surface area (Å²) >= 11 is 0. The molecule has 1 aromatic heterocycles. The van der Waals surface area contributed by atoms with Gasteiger partial charge in [-0.1, -0.05) is 42.5 Å². The van der Waals surface area contributed by atoms with E-state index in [1.165, 1.54) is 36.8 Å². The lowest BCUT2D eigenvalue weighted by molar-refractivity contribution is -0.119. The number of fused-ring (bicyclic) bond motifs is 3. The Bertz CT molecular complexity index is 1050. The quantitative estimate of drug-likeness (QED) is 0.629. The zero-order valence-corrected chi connectivity index (χ0v) is 18.5. The molecule has 3 aromatic rings. The third-order valence-electron chi connectivity index (χ3n) is 7.25. The number of hydrogen-bond donors (Lipinski definition) is 1. The second-order valence-corrected chi connectivity index (χ2v) is 9.22. The molecule has 1 N–H and O–H groups in total. The van der Waals surface area contributed by atoms with Crippen LogP contribution in [0, 0.1) is 6.92 Å². The van der Waals surface area contributed by atoms with Crippen LogP contribution in [0.2, 0.25) is 0 Å². The normalized spacial score (nSPS) is 24.4. The van der Waals surface area contributed by atoms with Crippen molar-refractivity contribution in [2.45, 2.75) is 70.1 Å². The Labute approximate surface area is 184 Å². The van der Waals surface area contributed by atoms with E-state index in [2.05, 4.69) is 70.2 Å². The fraction of sp³-hybridized carbons (Fsp3) is 0.462. The summed E-state index contributed by atoms with van der Waals surface area (Å²) < 4.78 is 2.49. The number of aromatic nitrogens is 2. The van der Waals surface area contributed by atoms with E-state index >= 15 is 0 Å². The van der Waals surface area contributed by atoms with E-state index in [1.54, 1.807) is 6.92 Å². The number of rotatable bonds is 6. The molecule has 1 amide bonds. The van der Waals surface area contributed by atoms with Crippen molar-refractivity contribution in [2.24, 2.45) is 0 Å². The molecule has 5 rings (SSSR count). The first kappa shape index (κ1) is 20.3. The van der Waals surface area contributed by atoms with Gasteiger partial charge in [-0.05, 0) is 56.7 Å². The molecule has 5 nitrogen and oxygen atoms in total. The summed E-state index contributed by atoms with van der Waals surface area (Å²) in [6.45, 7) is 4.79. The first-order valence-corrected chi connectivity index (χ1v) is 11.6. The number of imidazole rings is 1. The van der Waals surface area contributed by atoms with Crippen LogP contribution >= 0.6 is 0 Å². The molecule has 0 radical (unpaired) electrons. The molecule has 0 saturated carbocycles. The Morgan fingerprint density at radius 1 is 1.03 bits per heavy atom. The maximum atomic E-state index is 11.8. The lowest BCUT2D eigenvalue weighted by Gasteiger charge is -2.40. The smallest absolute Gasteiger partial charge is 0.217 e. The highest BCUT2D eigenvalue weighted by molar-refractivity contribution is 5.76. The third kappa shape index (κ3) is 3.99. The van der Waals surface area contributed by atoms with E-state index < -0.39 is 0 Å². The van der Waals surface area contributed by atoms with E-state index in [0.29, 0.717) is 18.1 Å². The molecule has 2 fully saturated rings. The van der Waals surface area contributed by atoms with E-state index in [4.69, 9.17) is 4.98 Å². The minimum absolute atomic E-state index is 0.0398. The number of hydrogen-bond acceptors (Lipinski definition) is 3. The maximum Gasteiger partial charge on any atom is 0.217 e. The average Bonchev–Trinajstić information content (AvgIpc) is 3.22.